The molecule has 0 aliphatic carbocycles. The Kier molecular flexibility index (Phi) is 3.98. The molecule has 1 aliphatic heterocycles. The quantitative estimate of drug-likeness (QED) is 0.663. The smallest absolute Gasteiger partial charge is 0.0615 e. The van der Waals surface area contributed by atoms with Crippen LogP contribution in [-0.2, 0) is 4.74 Å². The van der Waals surface area contributed by atoms with E-state index in [1.807, 2.05) is 0 Å². The average Bonchev–Trinajstić information content (AvgIpc) is 2.05. The molecule has 1 saturated heterocycles. The van der Waals surface area contributed by atoms with E-state index < -0.39 is 0 Å². The minimum Gasteiger partial charge on any atom is -0.383 e. The highest BCUT2D eigenvalue weighted by Crippen LogP contribution is 2.07. The molecule has 1 N–H and O–H groups in total. The normalized spacial score (nSPS) is 28.8. The van der Waals surface area contributed by atoms with Crippen molar-refractivity contribution < 1.29 is 4.74 Å². The summed E-state index contributed by atoms with van der Waals surface area (Å²) in [6, 6.07) is 1.19. The fourth-order valence-electron chi connectivity index (χ4n) is 1.85. The summed E-state index contributed by atoms with van der Waals surface area (Å²) < 4.78 is 5.14. The molecule has 1 heterocycles. The Morgan fingerprint density at radius 2 is 2.42 bits per heavy atom. The van der Waals surface area contributed by atoms with Gasteiger partial charge in [0.1, 0.15) is 0 Å². The van der Waals surface area contributed by atoms with Gasteiger partial charge >= 0.3 is 0 Å². The molecular formula is C9H20N2O. The molecule has 0 aromatic carbocycles. The third-order valence-electron chi connectivity index (χ3n) is 2.53. The second-order valence-corrected chi connectivity index (χ2v) is 3.60. The van der Waals surface area contributed by atoms with Crippen molar-refractivity contribution in [2.24, 2.45) is 0 Å². The van der Waals surface area contributed by atoms with Crippen LogP contribution in [0.1, 0.15) is 13.8 Å². The Hall–Kier alpha value is -0.120. The molecule has 1 unspecified atom stereocenters. The van der Waals surface area contributed by atoms with Gasteiger partial charge in [0.05, 0.1) is 6.61 Å². The van der Waals surface area contributed by atoms with Gasteiger partial charge in [-0.25, -0.2) is 0 Å². The van der Waals surface area contributed by atoms with E-state index in [-0.39, 0.29) is 0 Å². The molecule has 0 spiro atoms. The van der Waals surface area contributed by atoms with Gasteiger partial charge in [-0.15, -0.1) is 0 Å². The maximum atomic E-state index is 5.14. The summed E-state index contributed by atoms with van der Waals surface area (Å²) in [6.45, 7) is 8.69. The third kappa shape index (κ3) is 2.44. The van der Waals surface area contributed by atoms with Gasteiger partial charge in [-0.2, -0.15) is 0 Å². The molecular weight excluding hydrogens is 152 g/mol. The first-order valence-electron chi connectivity index (χ1n) is 4.71. The highest BCUT2D eigenvalue weighted by atomic mass is 16.5. The van der Waals surface area contributed by atoms with Gasteiger partial charge < -0.3 is 10.1 Å². The monoisotopic (exact) mass is 172 g/mol. The standard InChI is InChI=1S/C9H20N2O/c1-8-6-10-4-5-11(8)9(2)7-12-3/h8-10H,4-7H2,1-3H3/t8-,9?/m1/s1. The Balaban J connectivity index is 2.36. The number of nitrogens with one attached hydrogen (secondary N) is 1. The number of methoxy groups -OCH3 is 1. The Morgan fingerprint density at radius 1 is 1.67 bits per heavy atom. The predicted molar refractivity (Wildman–Crippen MR) is 50.4 cm³/mol. The van der Waals surface area contributed by atoms with Gasteiger partial charge in [0.2, 0.25) is 0 Å². The zero-order chi connectivity index (χ0) is 8.97. The maximum absolute atomic E-state index is 5.14. The highest BCUT2D eigenvalue weighted by molar-refractivity contribution is 4.79. The summed E-state index contributed by atoms with van der Waals surface area (Å²) in [5.74, 6) is 0. The zero-order valence-electron chi connectivity index (χ0n) is 8.34. The second kappa shape index (κ2) is 4.80. The first kappa shape index (κ1) is 9.96. The molecule has 1 aliphatic rings. The lowest BCUT2D eigenvalue weighted by atomic mass is 10.1. The van der Waals surface area contributed by atoms with Gasteiger partial charge in [-0.1, -0.05) is 0 Å². The van der Waals surface area contributed by atoms with Gasteiger partial charge in [-0.05, 0) is 13.8 Å². The molecule has 1 fully saturated rings. The number of ether oxygens (including phenoxy) is 1. The number of rotatable bonds is 3. The SMILES string of the molecule is COCC(C)N1CCNC[C@H]1C. The lowest BCUT2D eigenvalue weighted by Gasteiger charge is -2.38. The third-order valence-corrected chi connectivity index (χ3v) is 2.53. The van der Waals surface area contributed by atoms with Crippen molar-refractivity contribution in [1.82, 2.24) is 10.2 Å². The molecule has 12 heavy (non-hydrogen) atoms. The Morgan fingerprint density at radius 3 is 3.00 bits per heavy atom. The van der Waals surface area contributed by atoms with Crippen molar-refractivity contribution in [3.05, 3.63) is 0 Å². The van der Waals surface area contributed by atoms with E-state index >= 15 is 0 Å². The largest absolute Gasteiger partial charge is 0.383 e. The summed E-state index contributed by atoms with van der Waals surface area (Å²) in [6.07, 6.45) is 0. The van der Waals surface area contributed by atoms with Crippen LogP contribution in [0.3, 0.4) is 0 Å². The van der Waals surface area contributed by atoms with Gasteiger partial charge in [-0.3, -0.25) is 4.90 Å². The number of hydrogen-bond acceptors (Lipinski definition) is 3. The van der Waals surface area contributed by atoms with Crippen molar-refractivity contribution >= 4 is 0 Å². The fraction of sp³-hybridized carbons (Fsp3) is 1.00. The molecule has 0 aromatic rings. The molecule has 3 heteroatoms. The summed E-state index contributed by atoms with van der Waals surface area (Å²) in [5, 5.41) is 3.38. The van der Waals surface area contributed by atoms with Crippen molar-refractivity contribution in [3.63, 3.8) is 0 Å². The van der Waals surface area contributed by atoms with E-state index in [0.29, 0.717) is 12.1 Å². The van der Waals surface area contributed by atoms with Crippen LogP contribution < -0.4 is 5.32 Å². The number of hydrogen-bond donors (Lipinski definition) is 1. The van der Waals surface area contributed by atoms with Crippen LogP contribution >= 0.6 is 0 Å². The zero-order valence-corrected chi connectivity index (χ0v) is 8.34. The minimum atomic E-state index is 0.548. The molecule has 0 aromatic heterocycles. The first-order chi connectivity index (χ1) is 5.75. The van der Waals surface area contributed by atoms with Gasteiger partial charge in [0.15, 0.2) is 0 Å². The van der Waals surface area contributed by atoms with Crippen LogP contribution in [-0.4, -0.2) is 50.3 Å². The summed E-state index contributed by atoms with van der Waals surface area (Å²) in [7, 11) is 1.77. The van der Waals surface area contributed by atoms with Crippen LogP contribution in [0, 0.1) is 0 Å². The van der Waals surface area contributed by atoms with Crippen LogP contribution in [0.2, 0.25) is 0 Å². The fourth-order valence-corrected chi connectivity index (χ4v) is 1.85. The summed E-state index contributed by atoms with van der Waals surface area (Å²) in [4.78, 5) is 2.50. The van der Waals surface area contributed by atoms with Crippen LogP contribution in [0.5, 0.6) is 0 Å². The molecule has 72 valence electrons. The van der Waals surface area contributed by atoms with Crippen molar-refractivity contribution in [1.29, 1.82) is 0 Å². The Labute approximate surface area is 75.1 Å². The summed E-state index contributed by atoms with van der Waals surface area (Å²) >= 11 is 0. The molecule has 0 radical (unpaired) electrons. The summed E-state index contributed by atoms with van der Waals surface area (Å²) in [5.41, 5.74) is 0. The molecule has 1 rings (SSSR count). The molecule has 0 bridgehead atoms. The van der Waals surface area contributed by atoms with E-state index in [9.17, 15) is 0 Å². The predicted octanol–water partition coefficient (Wildman–Crippen LogP) is 0.315. The highest BCUT2D eigenvalue weighted by Gasteiger charge is 2.22. The van der Waals surface area contributed by atoms with E-state index in [1.54, 1.807) is 7.11 Å². The Bertz CT molecular complexity index is 130. The van der Waals surface area contributed by atoms with E-state index in [0.717, 1.165) is 26.2 Å². The molecule has 3 nitrogen and oxygen atoms in total. The number of piperazine rings is 1. The van der Waals surface area contributed by atoms with Gasteiger partial charge in [0, 0.05) is 38.8 Å². The van der Waals surface area contributed by atoms with E-state index in [4.69, 9.17) is 4.74 Å². The average molecular weight is 172 g/mol. The van der Waals surface area contributed by atoms with Gasteiger partial charge in [0.25, 0.3) is 0 Å². The lowest BCUT2D eigenvalue weighted by Crippen LogP contribution is -2.54. The molecule has 0 saturated carbocycles. The van der Waals surface area contributed by atoms with Crippen LogP contribution in [0.15, 0.2) is 0 Å². The topological polar surface area (TPSA) is 24.5 Å². The van der Waals surface area contributed by atoms with Crippen LogP contribution in [0.25, 0.3) is 0 Å². The van der Waals surface area contributed by atoms with Crippen molar-refractivity contribution in [2.45, 2.75) is 25.9 Å². The van der Waals surface area contributed by atoms with Crippen LogP contribution in [0.4, 0.5) is 0 Å². The first-order valence-corrected chi connectivity index (χ1v) is 4.71. The lowest BCUT2D eigenvalue weighted by molar-refractivity contribution is 0.0619. The van der Waals surface area contributed by atoms with E-state index in [2.05, 4.69) is 24.1 Å². The van der Waals surface area contributed by atoms with Crippen molar-refractivity contribution in [3.8, 4) is 0 Å². The van der Waals surface area contributed by atoms with Crippen molar-refractivity contribution in [2.75, 3.05) is 33.4 Å². The minimum absolute atomic E-state index is 0.548. The second-order valence-electron chi connectivity index (χ2n) is 3.60. The number of nitrogens with zero attached hydrogens (tertiary/aromatic N) is 1. The van der Waals surface area contributed by atoms with E-state index in [1.165, 1.54) is 0 Å². The maximum Gasteiger partial charge on any atom is 0.0615 e. The molecule has 0 amide bonds. The molecule has 2 atom stereocenters.